The largest absolute Gasteiger partial charge is 0.484 e. The summed E-state index contributed by atoms with van der Waals surface area (Å²) >= 11 is 0. The van der Waals surface area contributed by atoms with Gasteiger partial charge in [-0.05, 0) is 64.5 Å². The zero-order chi connectivity index (χ0) is 21.8. The van der Waals surface area contributed by atoms with Crippen molar-refractivity contribution in [1.82, 2.24) is 15.1 Å². The molecule has 1 aromatic rings. The minimum atomic E-state index is -0.225. The third kappa shape index (κ3) is 5.32. The van der Waals surface area contributed by atoms with Crippen molar-refractivity contribution >= 4 is 11.9 Å². The maximum absolute atomic E-state index is 12.7. The summed E-state index contributed by atoms with van der Waals surface area (Å²) in [7, 11) is 0. The quantitative estimate of drug-likeness (QED) is 0.754. The van der Waals surface area contributed by atoms with Crippen LogP contribution in [0, 0.1) is 6.92 Å². The Kier molecular flexibility index (Phi) is 6.70. The van der Waals surface area contributed by atoms with Gasteiger partial charge in [0.2, 0.25) is 0 Å². The number of piperidine rings is 1. The number of amides is 3. The molecule has 170 valence electrons. The van der Waals surface area contributed by atoms with Gasteiger partial charge in [0.25, 0.3) is 5.91 Å². The summed E-state index contributed by atoms with van der Waals surface area (Å²) in [6.45, 7) is 6.73. The van der Waals surface area contributed by atoms with E-state index in [9.17, 15) is 9.59 Å². The normalized spacial score (nSPS) is 22.8. The molecule has 1 spiro atoms. The van der Waals surface area contributed by atoms with Gasteiger partial charge < -0.3 is 24.6 Å². The second-order valence-corrected chi connectivity index (χ2v) is 9.13. The van der Waals surface area contributed by atoms with E-state index < -0.39 is 0 Å². The van der Waals surface area contributed by atoms with E-state index in [1.807, 2.05) is 43.0 Å². The maximum Gasteiger partial charge on any atom is 0.317 e. The number of benzene rings is 1. The van der Waals surface area contributed by atoms with Crippen LogP contribution in [0.2, 0.25) is 0 Å². The van der Waals surface area contributed by atoms with Crippen molar-refractivity contribution in [3.05, 3.63) is 29.8 Å². The lowest BCUT2D eigenvalue weighted by Crippen LogP contribution is -2.57. The number of likely N-dealkylation sites (tertiary alicyclic amines) is 1. The molecule has 2 aliphatic heterocycles. The van der Waals surface area contributed by atoms with E-state index in [0.717, 1.165) is 44.3 Å². The van der Waals surface area contributed by atoms with Crippen LogP contribution in [0.15, 0.2) is 24.3 Å². The molecule has 1 atom stereocenters. The molecule has 7 nitrogen and oxygen atoms in total. The van der Waals surface area contributed by atoms with Crippen LogP contribution in [0.4, 0.5) is 4.79 Å². The van der Waals surface area contributed by atoms with Gasteiger partial charge in [-0.2, -0.15) is 0 Å². The third-order valence-corrected chi connectivity index (χ3v) is 6.77. The highest BCUT2D eigenvalue weighted by atomic mass is 16.5. The molecule has 1 saturated carbocycles. The number of carbonyl (C=O) groups excluding carboxylic acids is 2. The van der Waals surface area contributed by atoms with Crippen LogP contribution in [0.1, 0.15) is 51.0 Å². The van der Waals surface area contributed by atoms with Crippen LogP contribution in [-0.2, 0) is 9.53 Å². The fourth-order valence-electron chi connectivity index (χ4n) is 4.85. The van der Waals surface area contributed by atoms with Crippen LogP contribution in [-0.4, -0.2) is 72.3 Å². The van der Waals surface area contributed by atoms with Crippen molar-refractivity contribution in [3.8, 4) is 5.75 Å². The first-order chi connectivity index (χ1) is 15.0. The standard InChI is InChI=1S/C24H35N3O4/c1-3-25-23(29)27(19-6-7-19)20-10-15-31-24(16-20)11-13-26(14-12-24)22(28)17-30-21-8-4-18(2)5-9-21/h4-5,8-9,19-20H,3,6-7,10-17H2,1-2H3,(H,25,29). The number of nitrogens with one attached hydrogen (secondary N) is 1. The molecule has 3 aliphatic rings. The average molecular weight is 430 g/mol. The number of hydrogen-bond acceptors (Lipinski definition) is 4. The van der Waals surface area contributed by atoms with Crippen molar-refractivity contribution in [3.63, 3.8) is 0 Å². The molecule has 0 radical (unpaired) electrons. The van der Waals surface area contributed by atoms with E-state index in [0.29, 0.717) is 32.3 Å². The van der Waals surface area contributed by atoms with Gasteiger partial charge in [-0.3, -0.25) is 4.79 Å². The zero-order valence-corrected chi connectivity index (χ0v) is 18.8. The topological polar surface area (TPSA) is 71.1 Å². The van der Waals surface area contributed by atoms with Gasteiger partial charge in [0.1, 0.15) is 5.75 Å². The van der Waals surface area contributed by atoms with E-state index in [4.69, 9.17) is 9.47 Å². The Labute approximate surface area is 185 Å². The van der Waals surface area contributed by atoms with E-state index >= 15 is 0 Å². The molecule has 7 heteroatoms. The first-order valence-electron chi connectivity index (χ1n) is 11.7. The predicted molar refractivity (Wildman–Crippen MR) is 118 cm³/mol. The molecule has 1 N–H and O–H groups in total. The Balaban J connectivity index is 1.30. The summed E-state index contributed by atoms with van der Waals surface area (Å²) in [6.07, 6.45) is 5.59. The van der Waals surface area contributed by atoms with Gasteiger partial charge in [0.05, 0.1) is 5.60 Å². The summed E-state index contributed by atoms with van der Waals surface area (Å²) in [5, 5.41) is 2.99. The lowest BCUT2D eigenvalue weighted by atomic mass is 9.81. The number of hydrogen-bond donors (Lipinski definition) is 1. The van der Waals surface area contributed by atoms with Gasteiger partial charge >= 0.3 is 6.03 Å². The van der Waals surface area contributed by atoms with E-state index in [1.54, 1.807) is 0 Å². The van der Waals surface area contributed by atoms with E-state index in [2.05, 4.69) is 10.2 Å². The molecule has 1 aliphatic carbocycles. The lowest BCUT2D eigenvalue weighted by molar-refractivity contribution is -0.149. The Morgan fingerprint density at radius 1 is 1.16 bits per heavy atom. The SMILES string of the molecule is CCNC(=O)N(C1CC1)C1CCOC2(CCN(C(=O)COc3ccc(C)cc3)CC2)C1. The van der Waals surface area contributed by atoms with E-state index in [-0.39, 0.29) is 30.2 Å². The molecular formula is C24H35N3O4. The Morgan fingerprint density at radius 3 is 2.52 bits per heavy atom. The van der Waals surface area contributed by atoms with Gasteiger partial charge in [0, 0.05) is 38.3 Å². The molecule has 4 rings (SSSR count). The smallest absolute Gasteiger partial charge is 0.317 e. The summed E-state index contributed by atoms with van der Waals surface area (Å²) in [5.41, 5.74) is 0.940. The van der Waals surface area contributed by atoms with Crippen molar-refractivity contribution in [2.45, 2.75) is 70.1 Å². The molecular weight excluding hydrogens is 394 g/mol. The van der Waals surface area contributed by atoms with Gasteiger partial charge in [-0.25, -0.2) is 4.79 Å². The average Bonchev–Trinajstić information content (AvgIpc) is 3.59. The molecule has 0 aromatic heterocycles. The predicted octanol–water partition coefficient (Wildman–Crippen LogP) is 3.11. The molecule has 0 bridgehead atoms. The second kappa shape index (κ2) is 9.47. The first kappa shape index (κ1) is 21.9. The highest BCUT2D eigenvalue weighted by molar-refractivity contribution is 5.78. The number of nitrogens with zero attached hydrogens (tertiary/aromatic N) is 2. The fourth-order valence-corrected chi connectivity index (χ4v) is 4.85. The van der Waals surface area contributed by atoms with Crippen LogP contribution in [0.5, 0.6) is 5.75 Å². The van der Waals surface area contributed by atoms with Crippen LogP contribution in [0.3, 0.4) is 0 Å². The number of urea groups is 1. The molecule has 1 unspecified atom stereocenters. The van der Waals surface area contributed by atoms with Crippen LogP contribution < -0.4 is 10.1 Å². The number of rotatable bonds is 6. The first-order valence-corrected chi connectivity index (χ1v) is 11.7. The Hall–Kier alpha value is -2.28. The lowest BCUT2D eigenvalue weighted by Gasteiger charge is -2.48. The van der Waals surface area contributed by atoms with Crippen molar-refractivity contribution < 1.29 is 19.1 Å². The van der Waals surface area contributed by atoms with E-state index in [1.165, 1.54) is 5.56 Å². The van der Waals surface area contributed by atoms with Crippen molar-refractivity contribution in [2.75, 3.05) is 32.8 Å². The van der Waals surface area contributed by atoms with Crippen LogP contribution >= 0.6 is 0 Å². The Morgan fingerprint density at radius 2 is 1.87 bits per heavy atom. The molecule has 2 heterocycles. The van der Waals surface area contributed by atoms with Crippen molar-refractivity contribution in [1.29, 1.82) is 0 Å². The summed E-state index contributed by atoms with van der Waals surface area (Å²) < 4.78 is 11.9. The number of aryl methyl sites for hydroxylation is 1. The minimum Gasteiger partial charge on any atom is -0.484 e. The highest BCUT2D eigenvalue weighted by Crippen LogP contribution is 2.40. The molecule has 3 amide bonds. The van der Waals surface area contributed by atoms with Crippen LogP contribution in [0.25, 0.3) is 0 Å². The highest BCUT2D eigenvalue weighted by Gasteiger charge is 2.46. The number of carbonyl (C=O) groups is 2. The summed E-state index contributed by atoms with van der Waals surface area (Å²) in [6, 6.07) is 8.41. The Bertz CT molecular complexity index is 770. The summed E-state index contributed by atoms with van der Waals surface area (Å²) in [4.78, 5) is 29.3. The van der Waals surface area contributed by atoms with Gasteiger partial charge in [0.15, 0.2) is 6.61 Å². The van der Waals surface area contributed by atoms with Gasteiger partial charge in [-0.15, -0.1) is 0 Å². The second-order valence-electron chi connectivity index (χ2n) is 9.13. The number of ether oxygens (including phenoxy) is 2. The minimum absolute atomic E-state index is 0.0183. The fraction of sp³-hybridized carbons (Fsp3) is 0.667. The van der Waals surface area contributed by atoms with Crippen molar-refractivity contribution in [2.24, 2.45) is 0 Å². The third-order valence-electron chi connectivity index (χ3n) is 6.77. The molecule has 3 fully saturated rings. The molecule has 2 saturated heterocycles. The zero-order valence-electron chi connectivity index (χ0n) is 18.8. The van der Waals surface area contributed by atoms with Gasteiger partial charge in [-0.1, -0.05) is 17.7 Å². The summed E-state index contributed by atoms with van der Waals surface area (Å²) in [5.74, 6) is 0.737. The molecule has 31 heavy (non-hydrogen) atoms. The molecule has 1 aromatic carbocycles. The maximum atomic E-state index is 12.7. The monoisotopic (exact) mass is 429 g/mol.